The molecular weight excluding hydrogens is 346 g/mol. The molecule has 0 saturated carbocycles. The van der Waals surface area contributed by atoms with Crippen molar-refractivity contribution < 1.29 is 23.9 Å². The first kappa shape index (κ1) is 17.2. The number of hydrogen-bond donors (Lipinski definition) is 0. The van der Waals surface area contributed by atoms with Gasteiger partial charge in [-0.05, 0) is 32.0 Å². The zero-order valence-corrected chi connectivity index (χ0v) is 14.6. The molecule has 7 nitrogen and oxygen atoms in total. The van der Waals surface area contributed by atoms with Crippen molar-refractivity contribution in [3.63, 3.8) is 0 Å². The molecule has 2 aromatic rings. The minimum Gasteiger partial charge on any atom is -0.493 e. The number of hydrogen-bond acceptors (Lipinski definition) is 7. The van der Waals surface area contributed by atoms with Crippen LogP contribution in [0.15, 0.2) is 24.3 Å². The Morgan fingerprint density at radius 2 is 2.24 bits per heavy atom. The lowest BCUT2D eigenvalue weighted by Crippen LogP contribution is -2.06. The monoisotopic (exact) mass is 363 g/mol. The maximum atomic E-state index is 12.1. The van der Waals surface area contributed by atoms with E-state index >= 15 is 0 Å². The van der Waals surface area contributed by atoms with Crippen molar-refractivity contribution in [3.8, 4) is 11.5 Å². The van der Waals surface area contributed by atoms with E-state index in [2.05, 4.69) is 0 Å². The maximum Gasteiger partial charge on any atom is 0.348 e. The Morgan fingerprint density at radius 3 is 2.92 bits per heavy atom. The summed E-state index contributed by atoms with van der Waals surface area (Å²) in [7, 11) is 0. The van der Waals surface area contributed by atoms with Gasteiger partial charge < -0.3 is 14.2 Å². The van der Waals surface area contributed by atoms with Gasteiger partial charge in [0.15, 0.2) is 0 Å². The summed E-state index contributed by atoms with van der Waals surface area (Å²) in [6.07, 6.45) is 0.919. The molecule has 1 aliphatic rings. The number of carbonyl (C=O) groups excluding carboxylic acids is 1. The van der Waals surface area contributed by atoms with Crippen molar-refractivity contribution in [2.45, 2.75) is 33.0 Å². The van der Waals surface area contributed by atoms with Gasteiger partial charge >= 0.3 is 11.0 Å². The summed E-state index contributed by atoms with van der Waals surface area (Å²) in [4.78, 5) is 22.5. The number of benzene rings is 1. The molecule has 0 saturated heterocycles. The third-order valence-electron chi connectivity index (χ3n) is 3.71. The molecule has 0 amide bonds. The normalized spacial score (nSPS) is 15.4. The van der Waals surface area contributed by atoms with Crippen LogP contribution in [0.3, 0.4) is 0 Å². The Morgan fingerprint density at radius 1 is 1.44 bits per heavy atom. The lowest BCUT2D eigenvalue weighted by Gasteiger charge is -2.12. The number of rotatable bonds is 6. The first-order valence-electron chi connectivity index (χ1n) is 7.84. The van der Waals surface area contributed by atoms with Gasteiger partial charge in [0.25, 0.3) is 0 Å². The fraction of sp³-hybridized carbons (Fsp3) is 0.353. The minimum atomic E-state index is -0.602. The SMILES string of the molecule is CCOc1cc2c(cc1COC(=O)c1ccc([N+](=O)[O-])s1)OC(C)C2. The molecule has 0 aliphatic carbocycles. The minimum absolute atomic E-state index is 0.00485. The number of esters is 1. The molecule has 0 fully saturated rings. The van der Waals surface area contributed by atoms with E-state index in [4.69, 9.17) is 14.2 Å². The summed E-state index contributed by atoms with van der Waals surface area (Å²) < 4.78 is 16.7. The molecule has 0 spiro atoms. The van der Waals surface area contributed by atoms with E-state index in [-0.39, 0.29) is 22.6 Å². The van der Waals surface area contributed by atoms with Crippen LogP contribution in [0.1, 0.15) is 34.6 Å². The van der Waals surface area contributed by atoms with E-state index in [1.54, 1.807) is 0 Å². The van der Waals surface area contributed by atoms with Crippen molar-refractivity contribution in [1.29, 1.82) is 0 Å². The van der Waals surface area contributed by atoms with Crippen LogP contribution in [0.5, 0.6) is 11.5 Å². The lowest BCUT2D eigenvalue weighted by molar-refractivity contribution is -0.380. The second-order valence-electron chi connectivity index (χ2n) is 5.60. The van der Waals surface area contributed by atoms with Crippen LogP contribution in [0, 0.1) is 10.1 Å². The van der Waals surface area contributed by atoms with Gasteiger partial charge in [0.05, 0.1) is 11.5 Å². The van der Waals surface area contributed by atoms with Crippen molar-refractivity contribution in [2.75, 3.05) is 6.61 Å². The number of thiophene rings is 1. The van der Waals surface area contributed by atoms with E-state index in [9.17, 15) is 14.9 Å². The highest BCUT2D eigenvalue weighted by atomic mass is 32.1. The summed E-state index contributed by atoms with van der Waals surface area (Å²) in [6.45, 7) is 4.37. The van der Waals surface area contributed by atoms with Gasteiger partial charge in [-0.2, -0.15) is 0 Å². The number of ether oxygens (including phenoxy) is 3. The number of nitro groups is 1. The maximum absolute atomic E-state index is 12.1. The second-order valence-corrected chi connectivity index (χ2v) is 6.67. The average Bonchev–Trinajstić information content (AvgIpc) is 3.18. The Balaban J connectivity index is 1.74. The summed E-state index contributed by atoms with van der Waals surface area (Å²) in [5, 5.41) is 10.6. The van der Waals surface area contributed by atoms with Crippen LogP contribution in [0.25, 0.3) is 0 Å². The molecule has 132 valence electrons. The molecule has 25 heavy (non-hydrogen) atoms. The highest BCUT2D eigenvalue weighted by Gasteiger charge is 2.23. The van der Waals surface area contributed by atoms with Gasteiger partial charge in [-0.25, -0.2) is 4.79 Å². The van der Waals surface area contributed by atoms with Crippen LogP contribution < -0.4 is 9.47 Å². The molecule has 3 rings (SSSR count). The van der Waals surface area contributed by atoms with E-state index in [0.717, 1.165) is 29.1 Å². The lowest BCUT2D eigenvalue weighted by atomic mass is 10.1. The molecule has 1 aromatic carbocycles. The standard InChI is InChI=1S/C17H17NO6S/c1-3-22-13-7-11-6-10(2)24-14(11)8-12(13)9-23-17(19)15-4-5-16(25-15)18(20)21/h4-5,7-8,10H,3,6,9H2,1-2H3. The summed E-state index contributed by atoms with van der Waals surface area (Å²) in [5.41, 5.74) is 1.77. The molecular formula is C17H17NO6S. The molecule has 0 bridgehead atoms. The predicted octanol–water partition coefficient (Wildman–Crippen LogP) is 3.74. The van der Waals surface area contributed by atoms with Crippen molar-refractivity contribution in [3.05, 3.63) is 50.4 Å². The largest absolute Gasteiger partial charge is 0.493 e. The number of nitrogens with zero attached hydrogens (tertiary/aromatic N) is 1. The first-order chi connectivity index (χ1) is 12.0. The Bertz CT molecular complexity index is 815. The van der Waals surface area contributed by atoms with Gasteiger partial charge in [-0.15, -0.1) is 0 Å². The van der Waals surface area contributed by atoms with Gasteiger partial charge in [0.1, 0.15) is 29.1 Å². The number of carbonyl (C=O) groups is 1. The Hall–Kier alpha value is -2.61. The molecule has 1 aliphatic heterocycles. The van der Waals surface area contributed by atoms with Crippen LogP contribution >= 0.6 is 11.3 Å². The van der Waals surface area contributed by atoms with Crippen LogP contribution in [-0.4, -0.2) is 23.6 Å². The van der Waals surface area contributed by atoms with Gasteiger partial charge in [-0.1, -0.05) is 11.3 Å². The van der Waals surface area contributed by atoms with Crippen LogP contribution in [-0.2, 0) is 17.8 Å². The molecule has 0 N–H and O–H groups in total. The van der Waals surface area contributed by atoms with E-state index in [1.807, 2.05) is 26.0 Å². The summed E-state index contributed by atoms with van der Waals surface area (Å²) >= 11 is 0.790. The van der Waals surface area contributed by atoms with Crippen molar-refractivity contribution in [2.24, 2.45) is 0 Å². The molecule has 1 aromatic heterocycles. The zero-order valence-electron chi connectivity index (χ0n) is 13.8. The molecule has 2 heterocycles. The van der Waals surface area contributed by atoms with Crippen LogP contribution in [0.4, 0.5) is 5.00 Å². The second kappa shape index (κ2) is 7.10. The van der Waals surface area contributed by atoms with Gasteiger partial charge in [-0.3, -0.25) is 10.1 Å². The zero-order chi connectivity index (χ0) is 18.0. The van der Waals surface area contributed by atoms with Gasteiger partial charge in [0, 0.05) is 23.6 Å². The predicted molar refractivity (Wildman–Crippen MR) is 91.5 cm³/mol. The molecule has 1 unspecified atom stereocenters. The topological polar surface area (TPSA) is 87.9 Å². The Kier molecular flexibility index (Phi) is 4.89. The fourth-order valence-corrected chi connectivity index (χ4v) is 3.35. The number of fused-ring (bicyclic) bond motifs is 1. The first-order valence-corrected chi connectivity index (χ1v) is 8.66. The third-order valence-corrected chi connectivity index (χ3v) is 4.73. The molecule has 0 radical (unpaired) electrons. The summed E-state index contributed by atoms with van der Waals surface area (Å²) in [6, 6.07) is 6.43. The van der Waals surface area contributed by atoms with Crippen LogP contribution in [0.2, 0.25) is 0 Å². The summed E-state index contributed by atoms with van der Waals surface area (Å²) in [5.74, 6) is 0.827. The average molecular weight is 363 g/mol. The highest BCUT2D eigenvalue weighted by molar-refractivity contribution is 7.17. The van der Waals surface area contributed by atoms with E-state index in [1.165, 1.54) is 12.1 Å². The molecule has 1 atom stereocenters. The van der Waals surface area contributed by atoms with E-state index in [0.29, 0.717) is 17.9 Å². The quantitative estimate of drug-likeness (QED) is 0.441. The van der Waals surface area contributed by atoms with Crippen molar-refractivity contribution >= 4 is 22.3 Å². The smallest absolute Gasteiger partial charge is 0.348 e. The van der Waals surface area contributed by atoms with Gasteiger partial charge in [0.2, 0.25) is 0 Å². The Labute approximate surface area is 148 Å². The fourth-order valence-electron chi connectivity index (χ4n) is 2.63. The molecule has 8 heteroatoms. The highest BCUT2D eigenvalue weighted by Crippen LogP contribution is 2.35. The van der Waals surface area contributed by atoms with E-state index < -0.39 is 10.9 Å². The van der Waals surface area contributed by atoms with Crippen molar-refractivity contribution in [1.82, 2.24) is 0 Å². The third kappa shape index (κ3) is 3.74.